The summed E-state index contributed by atoms with van der Waals surface area (Å²) in [4.78, 5) is 16.1. The number of ether oxygens (including phenoxy) is 2. The zero-order valence-electron chi connectivity index (χ0n) is 15.0. The van der Waals surface area contributed by atoms with Crippen LogP contribution in [0.4, 0.5) is 0 Å². The summed E-state index contributed by atoms with van der Waals surface area (Å²) in [7, 11) is 1.28. The van der Waals surface area contributed by atoms with Crippen LogP contribution in [0.2, 0.25) is 0 Å². The molecule has 2 N–H and O–H groups in total. The van der Waals surface area contributed by atoms with E-state index in [1.165, 1.54) is 7.05 Å². The monoisotopic (exact) mass is 360 g/mol. The normalized spacial score (nSPS) is 11.8. The van der Waals surface area contributed by atoms with Gasteiger partial charge in [-0.3, -0.25) is 15.0 Å². The first-order valence-corrected chi connectivity index (χ1v) is 8.38. The van der Waals surface area contributed by atoms with Gasteiger partial charge in [-0.25, -0.2) is 5.06 Å². The number of carbonyl (C=O) groups is 1. The van der Waals surface area contributed by atoms with Crippen LogP contribution in [-0.2, 0) is 29.2 Å². The molecule has 2 rings (SSSR count). The fourth-order valence-corrected chi connectivity index (χ4v) is 2.43. The highest BCUT2D eigenvalue weighted by Crippen LogP contribution is 2.16. The predicted molar refractivity (Wildman–Crippen MR) is 94.6 cm³/mol. The second-order valence-electron chi connectivity index (χ2n) is 5.76. The van der Waals surface area contributed by atoms with E-state index in [0.29, 0.717) is 30.4 Å². The molecule has 0 aliphatic carbocycles. The molecule has 1 aromatic heterocycles. The number of pyridine rings is 1. The van der Waals surface area contributed by atoms with Gasteiger partial charge in [0.2, 0.25) is 0 Å². The van der Waals surface area contributed by atoms with Gasteiger partial charge in [-0.1, -0.05) is 12.1 Å². The van der Waals surface area contributed by atoms with Gasteiger partial charge in [-0.15, -0.1) is 0 Å². The highest BCUT2D eigenvalue weighted by molar-refractivity contribution is 5.79. The molecule has 0 radical (unpaired) electrons. The molecule has 1 aromatic carbocycles. The number of aliphatic hydroxyl groups excluding tert-OH is 1. The molecule has 0 fully saturated rings. The van der Waals surface area contributed by atoms with Gasteiger partial charge in [-0.05, 0) is 42.3 Å². The first kappa shape index (κ1) is 19.8. The van der Waals surface area contributed by atoms with Crippen molar-refractivity contribution in [1.82, 2.24) is 10.0 Å². The number of aromatic nitrogens is 1. The quantitative estimate of drug-likeness (QED) is 0.525. The minimum Gasteiger partial charge on any atom is -0.487 e. The van der Waals surface area contributed by atoms with E-state index in [2.05, 4.69) is 4.98 Å². The number of hydroxylamine groups is 2. The summed E-state index contributed by atoms with van der Waals surface area (Å²) < 4.78 is 11.1. The van der Waals surface area contributed by atoms with Crippen molar-refractivity contribution in [3.8, 4) is 5.75 Å². The molecule has 140 valence electrons. The fourth-order valence-electron chi connectivity index (χ4n) is 2.43. The van der Waals surface area contributed by atoms with Crippen molar-refractivity contribution in [2.45, 2.75) is 32.7 Å². The van der Waals surface area contributed by atoms with E-state index >= 15 is 0 Å². The molecular weight excluding hydrogens is 336 g/mol. The van der Waals surface area contributed by atoms with Gasteiger partial charge < -0.3 is 14.6 Å². The Bertz CT molecular complexity index is 703. The van der Waals surface area contributed by atoms with Gasteiger partial charge >= 0.3 is 0 Å². The third kappa shape index (κ3) is 5.80. The molecule has 2 aromatic rings. The molecule has 0 saturated heterocycles. The minimum atomic E-state index is -0.729. The average molecular weight is 360 g/mol. The number of aliphatic hydroxyl groups is 1. The Kier molecular flexibility index (Phi) is 7.53. The maximum atomic E-state index is 11.9. The van der Waals surface area contributed by atoms with Gasteiger partial charge in [0, 0.05) is 26.3 Å². The largest absolute Gasteiger partial charge is 0.487 e. The Labute approximate surface area is 152 Å². The highest BCUT2D eigenvalue weighted by Gasteiger charge is 2.22. The van der Waals surface area contributed by atoms with E-state index in [4.69, 9.17) is 14.6 Å². The van der Waals surface area contributed by atoms with E-state index in [0.717, 1.165) is 16.8 Å². The maximum Gasteiger partial charge on any atom is 0.275 e. The fraction of sp³-hybridized carbons (Fsp3) is 0.368. The molecule has 1 atom stereocenters. The van der Waals surface area contributed by atoms with Gasteiger partial charge in [0.05, 0.1) is 12.3 Å². The van der Waals surface area contributed by atoms with Crippen molar-refractivity contribution < 1.29 is 24.6 Å². The molecule has 0 aliphatic heterocycles. The molecular formula is C19H24N2O5. The predicted octanol–water partition coefficient (Wildman–Crippen LogP) is 1.95. The lowest BCUT2D eigenvalue weighted by molar-refractivity contribution is -0.171. The zero-order chi connectivity index (χ0) is 18.9. The van der Waals surface area contributed by atoms with E-state index in [9.17, 15) is 10.0 Å². The number of rotatable bonds is 9. The van der Waals surface area contributed by atoms with Gasteiger partial charge in [0.1, 0.15) is 18.5 Å². The molecule has 1 heterocycles. The average Bonchev–Trinajstić information content (AvgIpc) is 2.66. The molecule has 0 saturated carbocycles. The Morgan fingerprint density at radius 3 is 2.58 bits per heavy atom. The number of benzene rings is 1. The third-order valence-electron chi connectivity index (χ3n) is 3.76. The molecule has 26 heavy (non-hydrogen) atoms. The molecule has 0 spiro atoms. The van der Waals surface area contributed by atoms with Crippen LogP contribution in [0, 0.1) is 0 Å². The Balaban J connectivity index is 1.95. The number of hydrogen-bond acceptors (Lipinski definition) is 6. The van der Waals surface area contributed by atoms with Crippen LogP contribution in [0.1, 0.15) is 23.7 Å². The van der Waals surface area contributed by atoms with Crippen LogP contribution in [0.5, 0.6) is 5.75 Å². The number of likely N-dealkylation sites (N-methyl/N-ethyl adjacent to an activating group) is 1. The molecule has 7 heteroatoms. The van der Waals surface area contributed by atoms with Crippen LogP contribution >= 0.6 is 0 Å². The lowest BCUT2D eigenvalue weighted by Gasteiger charge is -2.19. The van der Waals surface area contributed by atoms with E-state index in [1.807, 2.05) is 12.1 Å². The first-order chi connectivity index (χ1) is 12.5. The van der Waals surface area contributed by atoms with Gasteiger partial charge in [0.15, 0.2) is 0 Å². The third-order valence-corrected chi connectivity index (χ3v) is 3.76. The van der Waals surface area contributed by atoms with Crippen LogP contribution < -0.4 is 4.74 Å². The Morgan fingerprint density at radius 1 is 1.23 bits per heavy atom. The minimum absolute atomic E-state index is 0.0348. The second kappa shape index (κ2) is 9.86. The summed E-state index contributed by atoms with van der Waals surface area (Å²) in [5.74, 6) is 0.186. The summed E-state index contributed by atoms with van der Waals surface area (Å²) in [6.45, 7) is 2.44. The molecule has 1 amide bonds. The Hall–Kier alpha value is -2.48. The van der Waals surface area contributed by atoms with Crippen molar-refractivity contribution in [3.63, 3.8) is 0 Å². The Morgan fingerprint density at radius 2 is 1.96 bits per heavy atom. The standard InChI is InChI=1S/C19H24N2O5/c1-3-25-18(19(23)21(2)24)11-14-4-6-17(7-5-14)26-13-16-10-15(12-22)8-9-20-16/h4-10,18,22,24H,3,11-13H2,1-2H3/t18-/m0/s1. The summed E-state index contributed by atoms with van der Waals surface area (Å²) in [5, 5.41) is 19.0. The van der Waals surface area contributed by atoms with Crippen molar-refractivity contribution >= 4 is 5.91 Å². The van der Waals surface area contributed by atoms with Crippen molar-refractivity contribution in [2.75, 3.05) is 13.7 Å². The zero-order valence-corrected chi connectivity index (χ0v) is 15.0. The summed E-state index contributed by atoms with van der Waals surface area (Å²) >= 11 is 0. The number of amides is 1. The smallest absolute Gasteiger partial charge is 0.275 e. The SMILES string of the molecule is CCO[C@@H](Cc1ccc(OCc2cc(CO)ccn2)cc1)C(=O)N(C)O. The maximum absolute atomic E-state index is 11.9. The van der Waals surface area contributed by atoms with Crippen LogP contribution in [0.25, 0.3) is 0 Å². The van der Waals surface area contributed by atoms with E-state index in [1.54, 1.807) is 37.4 Å². The van der Waals surface area contributed by atoms with Crippen LogP contribution in [0.15, 0.2) is 42.6 Å². The summed E-state index contributed by atoms with van der Waals surface area (Å²) in [6, 6.07) is 10.9. The van der Waals surface area contributed by atoms with Crippen molar-refractivity contribution in [3.05, 3.63) is 59.4 Å². The molecule has 0 unspecified atom stereocenters. The number of carbonyl (C=O) groups excluding carboxylic acids is 1. The topological polar surface area (TPSA) is 92.1 Å². The van der Waals surface area contributed by atoms with Gasteiger partial charge in [0.25, 0.3) is 5.91 Å². The van der Waals surface area contributed by atoms with E-state index in [-0.39, 0.29) is 6.61 Å². The molecule has 0 bridgehead atoms. The first-order valence-electron chi connectivity index (χ1n) is 8.38. The molecule has 7 nitrogen and oxygen atoms in total. The van der Waals surface area contributed by atoms with Gasteiger partial charge in [-0.2, -0.15) is 0 Å². The van der Waals surface area contributed by atoms with Crippen LogP contribution in [-0.4, -0.2) is 46.0 Å². The second-order valence-corrected chi connectivity index (χ2v) is 5.76. The van der Waals surface area contributed by atoms with Crippen molar-refractivity contribution in [1.29, 1.82) is 0 Å². The summed E-state index contributed by atoms with van der Waals surface area (Å²) in [6.07, 6.45) is 1.26. The lowest BCUT2D eigenvalue weighted by atomic mass is 10.1. The van der Waals surface area contributed by atoms with Crippen molar-refractivity contribution in [2.24, 2.45) is 0 Å². The molecule has 0 aliphatic rings. The summed E-state index contributed by atoms with van der Waals surface area (Å²) in [5.41, 5.74) is 2.41. The number of nitrogens with zero attached hydrogens (tertiary/aromatic N) is 2. The van der Waals surface area contributed by atoms with E-state index < -0.39 is 12.0 Å². The number of hydrogen-bond donors (Lipinski definition) is 2. The van der Waals surface area contributed by atoms with Crippen LogP contribution in [0.3, 0.4) is 0 Å². The lowest BCUT2D eigenvalue weighted by Crippen LogP contribution is -2.37. The highest BCUT2D eigenvalue weighted by atomic mass is 16.5.